The van der Waals surface area contributed by atoms with E-state index in [1.54, 1.807) is 12.3 Å². The number of hydrogen-bond acceptors (Lipinski definition) is 3. The second-order valence-electron chi connectivity index (χ2n) is 5.24. The summed E-state index contributed by atoms with van der Waals surface area (Å²) in [6, 6.07) is 7.24. The minimum absolute atomic E-state index is 0.239. The Morgan fingerprint density at radius 3 is 2.84 bits per heavy atom. The molecule has 0 radical (unpaired) electrons. The van der Waals surface area contributed by atoms with Gasteiger partial charge in [0, 0.05) is 29.4 Å². The summed E-state index contributed by atoms with van der Waals surface area (Å²) in [5.41, 5.74) is 1.76. The maximum atomic E-state index is 13.2. The van der Waals surface area contributed by atoms with Gasteiger partial charge in [-0.15, -0.1) is 0 Å². The Balaban J connectivity index is 1.84. The van der Waals surface area contributed by atoms with Crippen molar-refractivity contribution in [2.75, 3.05) is 25.5 Å². The first-order valence-corrected chi connectivity index (χ1v) is 6.72. The van der Waals surface area contributed by atoms with E-state index in [1.165, 1.54) is 12.1 Å². The number of hydrogen-bond donors (Lipinski definition) is 1. The number of rotatable bonds is 2. The Morgan fingerprint density at radius 2 is 2.05 bits per heavy atom. The standard InChI is InChI=1S/C15H18FN3/c1-19-8-5-12(6-9-19)18-14-4-7-17-15-10-11(16)2-3-13(14)15/h2-4,7,10,12H,5-6,8-9H2,1H3,(H,17,18). The maximum Gasteiger partial charge on any atom is 0.125 e. The Kier molecular flexibility index (Phi) is 3.34. The quantitative estimate of drug-likeness (QED) is 0.899. The average Bonchev–Trinajstić information content (AvgIpc) is 2.41. The van der Waals surface area contributed by atoms with Crippen LogP contribution in [0.1, 0.15) is 12.8 Å². The molecule has 4 heteroatoms. The summed E-state index contributed by atoms with van der Waals surface area (Å²) in [6.07, 6.45) is 4.02. The molecule has 1 aromatic heterocycles. The van der Waals surface area contributed by atoms with Gasteiger partial charge in [-0.2, -0.15) is 0 Å². The van der Waals surface area contributed by atoms with E-state index < -0.39 is 0 Å². The fourth-order valence-corrected chi connectivity index (χ4v) is 2.62. The molecule has 0 saturated carbocycles. The van der Waals surface area contributed by atoms with Gasteiger partial charge in [0.1, 0.15) is 5.82 Å². The van der Waals surface area contributed by atoms with Crippen LogP contribution < -0.4 is 5.32 Å². The lowest BCUT2D eigenvalue weighted by Crippen LogP contribution is -2.36. The van der Waals surface area contributed by atoms with Gasteiger partial charge in [0.2, 0.25) is 0 Å². The highest BCUT2D eigenvalue weighted by Crippen LogP contribution is 2.24. The summed E-state index contributed by atoms with van der Waals surface area (Å²) in [7, 11) is 2.15. The Bertz CT molecular complexity index is 577. The second kappa shape index (κ2) is 5.13. The lowest BCUT2D eigenvalue weighted by atomic mass is 10.0. The zero-order chi connectivity index (χ0) is 13.2. The van der Waals surface area contributed by atoms with Crippen LogP contribution in [0.3, 0.4) is 0 Å². The molecule has 1 aliphatic heterocycles. The summed E-state index contributed by atoms with van der Waals surface area (Å²) in [5.74, 6) is -0.239. The van der Waals surface area contributed by atoms with Gasteiger partial charge in [0.25, 0.3) is 0 Å². The van der Waals surface area contributed by atoms with E-state index in [0.29, 0.717) is 11.6 Å². The van der Waals surface area contributed by atoms with Crippen LogP contribution in [-0.4, -0.2) is 36.1 Å². The molecule has 1 saturated heterocycles. The molecule has 0 bridgehead atoms. The summed E-state index contributed by atoms with van der Waals surface area (Å²) in [5, 5.41) is 4.56. The second-order valence-corrected chi connectivity index (χ2v) is 5.24. The van der Waals surface area contributed by atoms with Crippen molar-refractivity contribution in [1.82, 2.24) is 9.88 Å². The third-order valence-electron chi connectivity index (χ3n) is 3.78. The molecule has 1 aliphatic rings. The number of piperidine rings is 1. The normalized spacial score (nSPS) is 17.8. The number of nitrogens with one attached hydrogen (secondary N) is 1. The van der Waals surface area contributed by atoms with Crippen molar-refractivity contribution in [3.8, 4) is 0 Å². The van der Waals surface area contributed by atoms with Gasteiger partial charge in [-0.05, 0) is 51.2 Å². The molecule has 1 N–H and O–H groups in total. The molecule has 3 nitrogen and oxygen atoms in total. The largest absolute Gasteiger partial charge is 0.382 e. The molecular weight excluding hydrogens is 241 g/mol. The Hall–Kier alpha value is -1.68. The van der Waals surface area contributed by atoms with Crippen LogP contribution in [-0.2, 0) is 0 Å². The van der Waals surface area contributed by atoms with Crippen molar-refractivity contribution in [2.45, 2.75) is 18.9 Å². The van der Waals surface area contributed by atoms with Gasteiger partial charge in [0.05, 0.1) is 5.52 Å². The molecular formula is C15H18FN3. The highest BCUT2D eigenvalue weighted by molar-refractivity contribution is 5.91. The molecule has 19 heavy (non-hydrogen) atoms. The third kappa shape index (κ3) is 2.68. The topological polar surface area (TPSA) is 28.2 Å². The Morgan fingerprint density at radius 1 is 1.26 bits per heavy atom. The first kappa shape index (κ1) is 12.4. The summed E-state index contributed by atoms with van der Waals surface area (Å²) in [6.45, 7) is 2.24. The fourth-order valence-electron chi connectivity index (χ4n) is 2.62. The molecule has 2 heterocycles. The number of pyridine rings is 1. The van der Waals surface area contributed by atoms with Crippen LogP contribution in [0.25, 0.3) is 10.9 Å². The highest BCUT2D eigenvalue weighted by atomic mass is 19.1. The van der Waals surface area contributed by atoms with Crippen molar-refractivity contribution in [3.63, 3.8) is 0 Å². The summed E-state index contributed by atoms with van der Waals surface area (Å²) in [4.78, 5) is 6.57. The van der Waals surface area contributed by atoms with Gasteiger partial charge in [-0.1, -0.05) is 0 Å². The predicted molar refractivity (Wildman–Crippen MR) is 75.8 cm³/mol. The summed E-state index contributed by atoms with van der Waals surface area (Å²) >= 11 is 0. The SMILES string of the molecule is CN1CCC(Nc2ccnc3cc(F)ccc23)CC1. The van der Waals surface area contributed by atoms with Crippen molar-refractivity contribution < 1.29 is 4.39 Å². The van der Waals surface area contributed by atoms with E-state index in [9.17, 15) is 4.39 Å². The minimum Gasteiger partial charge on any atom is -0.382 e. The monoisotopic (exact) mass is 259 g/mol. The third-order valence-corrected chi connectivity index (χ3v) is 3.78. The van der Waals surface area contributed by atoms with Gasteiger partial charge in [-0.3, -0.25) is 4.98 Å². The molecule has 1 aromatic carbocycles. The van der Waals surface area contributed by atoms with Crippen molar-refractivity contribution >= 4 is 16.6 Å². The molecule has 0 amide bonds. The number of fused-ring (bicyclic) bond motifs is 1. The molecule has 3 rings (SSSR count). The van der Waals surface area contributed by atoms with Crippen LogP contribution in [0, 0.1) is 5.82 Å². The number of anilines is 1. The lowest BCUT2D eigenvalue weighted by molar-refractivity contribution is 0.264. The molecule has 0 spiro atoms. The zero-order valence-corrected chi connectivity index (χ0v) is 11.1. The van der Waals surface area contributed by atoms with Crippen LogP contribution in [0.15, 0.2) is 30.5 Å². The smallest absolute Gasteiger partial charge is 0.125 e. The van der Waals surface area contributed by atoms with E-state index in [1.807, 2.05) is 6.07 Å². The average molecular weight is 259 g/mol. The van der Waals surface area contributed by atoms with Crippen molar-refractivity contribution in [3.05, 3.63) is 36.3 Å². The predicted octanol–water partition coefficient (Wildman–Crippen LogP) is 2.88. The number of benzene rings is 1. The van der Waals surface area contributed by atoms with Crippen LogP contribution in [0.5, 0.6) is 0 Å². The molecule has 0 aliphatic carbocycles. The molecule has 1 fully saturated rings. The van der Waals surface area contributed by atoms with E-state index in [2.05, 4.69) is 22.2 Å². The molecule has 2 aromatic rings. The van der Waals surface area contributed by atoms with Gasteiger partial charge < -0.3 is 10.2 Å². The first-order chi connectivity index (χ1) is 9.22. The van der Waals surface area contributed by atoms with E-state index >= 15 is 0 Å². The number of halogens is 1. The van der Waals surface area contributed by atoms with Gasteiger partial charge >= 0.3 is 0 Å². The van der Waals surface area contributed by atoms with Crippen LogP contribution >= 0.6 is 0 Å². The van der Waals surface area contributed by atoms with Crippen molar-refractivity contribution in [1.29, 1.82) is 0 Å². The fraction of sp³-hybridized carbons (Fsp3) is 0.400. The first-order valence-electron chi connectivity index (χ1n) is 6.72. The highest BCUT2D eigenvalue weighted by Gasteiger charge is 2.17. The maximum absolute atomic E-state index is 13.2. The van der Waals surface area contributed by atoms with Gasteiger partial charge in [-0.25, -0.2) is 4.39 Å². The van der Waals surface area contributed by atoms with Gasteiger partial charge in [0.15, 0.2) is 0 Å². The van der Waals surface area contributed by atoms with E-state index in [0.717, 1.165) is 37.0 Å². The number of likely N-dealkylation sites (tertiary alicyclic amines) is 1. The van der Waals surface area contributed by atoms with E-state index in [-0.39, 0.29) is 5.82 Å². The summed E-state index contributed by atoms with van der Waals surface area (Å²) < 4.78 is 13.2. The zero-order valence-electron chi connectivity index (χ0n) is 11.1. The number of aromatic nitrogens is 1. The molecule has 100 valence electrons. The minimum atomic E-state index is -0.239. The van der Waals surface area contributed by atoms with Crippen molar-refractivity contribution in [2.24, 2.45) is 0 Å². The number of nitrogens with zero attached hydrogens (tertiary/aromatic N) is 2. The molecule has 0 atom stereocenters. The Labute approximate surface area is 112 Å². The van der Waals surface area contributed by atoms with Crippen LogP contribution in [0.4, 0.5) is 10.1 Å². The lowest BCUT2D eigenvalue weighted by Gasteiger charge is -2.30. The van der Waals surface area contributed by atoms with E-state index in [4.69, 9.17) is 0 Å². The van der Waals surface area contributed by atoms with Crippen LogP contribution in [0.2, 0.25) is 0 Å². The molecule has 0 unspecified atom stereocenters.